The van der Waals surface area contributed by atoms with E-state index >= 15 is 0 Å². The number of hydrogen-bond acceptors (Lipinski definition) is 3. The zero-order chi connectivity index (χ0) is 15.6. The molecule has 22 heavy (non-hydrogen) atoms. The second-order valence-electron chi connectivity index (χ2n) is 4.89. The van der Waals surface area contributed by atoms with Crippen molar-refractivity contribution >= 4 is 6.09 Å². The minimum atomic E-state index is -0.404. The van der Waals surface area contributed by atoms with E-state index < -0.39 is 6.09 Å². The average molecular weight is 299 g/mol. The van der Waals surface area contributed by atoms with Gasteiger partial charge in [-0.1, -0.05) is 48.5 Å². The third-order valence-corrected chi connectivity index (χ3v) is 3.30. The topological polar surface area (TPSA) is 47.6 Å². The van der Waals surface area contributed by atoms with Gasteiger partial charge in [-0.15, -0.1) is 0 Å². The van der Waals surface area contributed by atoms with E-state index in [9.17, 15) is 4.79 Å². The summed E-state index contributed by atoms with van der Waals surface area (Å²) in [4.78, 5) is 11.7. The van der Waals surface area contributed by atoms with Crippen LogP contribution in [0.5, 0.6) is 5.75 Å². The van der Waals surface area contributed by atoms with Crippen molar-refractivity contribution in [2.75, 3.05) is 13.7 Å². The first-order valence-corrected chi connectivity index (χ1v) is 7.36. The van der Waals surface area contributed by atoms with Gasteiger partial charge in [0.1, 0.15) is 5.75 Å². The van der Waals surface area contributed by atoms with Crippen molar-refractivity contribution in [3.05, 3.63) is 65.7 Å². The molecule has 0 fully saturated rings. The molecule has 116 valence electrons. The summed E-state index contributed by atoms with van der Waals surface area (Å²) in [5.74, 6) is 0.756. The normalized spacial score (nSPS) is 10.0. The van der Waals surface area contributed by atoms with Gasteiger partial charge >= 0.3 is 6.09 Å². The largest absolute Gasteiger partial charge is 0.496 e. The standard InChI is InChI=1S/C18H21NO3/c1-21-17-12-6-5-11-16(17)14-19-18(20)22-13-7-10-15-8-3-2-4-9-15/h2-6,8-9,11-12H,7,10,13-14H2,1H3,(H,19,20). The summed E-state index contributed by atoms with van der Waals surface area (Å²) in [5.41, 5.74) is 2.17. The third-order valence-electron chi connectivity index (χ3n) is 3.30. The number of carbonyl (C=O) groups is 1. The van der Waals surface area contributed by atoms with Crippen molar-refractivity contribution in [3.8, 4) is 5.75 Å². The summed E-state index contributed by atoms with van der Waals surface area (Å²) in [7, 11) is 1.61. The number of rotatable bonds is 7. The summed E-state index contributed by atoms with van der Waals surface area (Å²) in [6.07, 6.45) is 1.31. The number of amides is 1. The van der Waals surface area contributed by atoms with Crippen LogP contribution >= 0.6 is 0 Å². The number of carbonyl (C=O) groups excluding carboxylic acids is 1. The first kappa shape index (κ1) is 15.9. The van der Waals surface area contributed by atoms with E-state index in [0.29, 0.717) is 13.2 Å². The molecule has 0 aliphatic carbocycles. The number of hydrogen-bond donors (Lipinski definition) is 1. The fraction of sp³-hybridized carbons (Fsp3) is 0.278. The van der Waals surface area contributed by atoms with Gasteiger partial charge in [-0.3, -0.25) is 0 Å². The minimum Gasteiger partial charge on any atom is -0.496 e. The SMILES string of the molecule is COc1ccccc1CNC(=O)OCCCc1ccccc1. The van der Waals surface area contributed by atoms with Crippen LogP contribution in [0.2, 0.25) is 0 Å². The molecule has 0 bridgehead atoms. The average Bonchev–Trinajstić information content (AvgIpc) is 2.58. The lowest BCUT2D eigenvalue weighted by atomic mass is 10.1. The predicted molar refractivity (Wildman–Crippen MR) is 85.9 cm³/mol. The van der Waals surface area contributed by atoms with Gasteiger partial charge in [0.05, 0.1) is 13.7 Å². The maximum atomic E-state index is 11.7. The first-order chi connectivity index (χ1) is 10.8. The second kappa shape index (κ2) is 8.72. The molecule has 0 radical (unpaired) electrons. The van der Waals surface area contributed by atoms with E-state index in [1.54, 1.807) is 7.11 Å². The Kier molecular flexibility index (Phi) is 6.30. The van der Waals surface area contributed by atoms with E-state index in [1.807, 2.05) is 42.5 Å². The summed E-state index contributed by atoms with van der Waals surface area (Å²) in [6.45, 7) is 0.800. The number of benzene rings is 2. The molecule has 1 N–H and O–H groups in total. The second-order valence-corrected chi connectivity index (χ2v) is 4.89. The molecular weight excluding hydrogens is 278 g/mol. The molecule has 1 amide bonds. The Hall–Kier alpha value is -2.49. The van der Waals surface area contributed by atoms with Crippen LogP contribution < -0.4 is 10.1 Å². The summed E-state index contributed by atoms with van der Waals surface area (Å²) in [6, 6.07) is 17.7. The molecule has 2 rings (SSSR count). The molecule has 4 nitrogen and oxygen atoms in total. The van der Waals surface area contributed by atoms with E-state index in [1.165, 1.54) is 5.56 Å². The molecular formula is C18H21NO3. The Morgan fingerprint density at radius 2 is 1.77 bits per heavy atom. The first-order valence-electron chi connectivity index (χ1n) is 7.36. The van der Waals surface area contributed by atoms with Crippen LogP contribution in [-0.2, 0) is 17.7 Å². The van der Waals surface area contributed by atoms with Crippen LogP contribution in [-0.4, -0.2) is 19.8 Å². The van der Waals surface area contributed by atoms with Crippen molar-refractivity contribution in [2.45, 2.75) is 19.4 Å². The number of aryl methyl sites for hydroxylation is 1. The fourth-order valence-corrected chi connectivity index (χ4v) is 2.15. The minimum absolute atomic E-state index is 0.390. The molecule has 2 aromatic carbocycles. The maximum absolute atomic E-state index is 11.7. The molecule has 0 unspecified atom stereocenters. The van der Waals surface area contributed by atoms with Gasteiger partial charge in [-0.2, -0.15) is 0 Å². The Morgan fingerprint density at radius 1 is 1.05 bits per heavy atom. The van der Waals surface area contributed by atoms with Crippen molar-refractivity contribution in [1.29, 1.82) is 0 Å². The van der Waals surface area contributed by atoms with Gasteiger partial charge in [0.2, 0.25) is 0 Å². The fourth-order valence-electron chi connectivity index (χ4n) is 2.15. The van der Waals surface area contributed by atoms with E-state index in [2.05, 4.69) is 17.4 Å². The Morgan fingerprint density at radius 3 is 2.55 bits per heavy atom. The summed E-state index contributed by atoms with van der Waals surface area (Å²) in [5, 5.41) is 2.73. The summed E-state index contributed by atoms with van der Waals surface area (Å²) < 4.78 is 10.4. The van der Waals surface area contributed by atoms with Crippen molar-refractivity contribution in [1.82, 2.24) is 5.32 Å². The molecule has 0 saturated heterocycles. The molecule has 0 saturated carbocycles. The van der Waals surface area contributed by atoms with Gasteiger partial charge in [-0.05, 0) is 24.5 Å². The van der Waals surface area contributed by atoms with Gasteiger partial charge < -0.3 is 14.8 Å². The van der Waals surface area contributed by atoms with Crippen LogP contribution in [0.25, 0.3) is 0 Å². The predicted octanol–water partition coefficient (Wildman–Crippen LogP) is 3.55. The van der Waals surface area contributed by atoms with E-state index in [0.717, 1.165) is 24.2 Å². The Labute approximate surface area is 131 Å². The Balaban J connectivity index is 1.66. The van der Waals surface area contributed by atoms with Crippen LogP contribution in [0.4, 0.5) is 4.79 Å². The molecule has 0 aromatic heterocycles. The maximum Gasteiger partial charge on any atom is 0.407 e. The molecule has 0 heterocycles. The number of methoxy groups -OCH3 is 1. The molecule has 0 aliphatic rings. The summed E-state index contributed by atoms with van der Waals surface area (Å²) >= 11 is 0. The van der Waals surface area contributed by atoms with Crippen molar-refractivity contribution in [2.24, 2.45) is 0 Å². The lowest BCUT2D eigenvalue weighted by Gasteiger charge is -2.10. The molecule has 2 aromatic rings. The third kappa shape index (κ3) is 5.13. The zero-order valence-electron chi connectivity index (χ0n) is 12.7. The lowest BCUT2D eigenvalue weighted by molar-refractivity contribution is 0.144. The monoisotopic (exact) mass is 299 g/mol. The smallest absolute Gasteiger partial charge is 0.407 e. The zero-order valence-corrected chi connectivity index (χ0v) is 12.7. The molecule has 0 aliphatic heterocycles. The molecule has 0 spiro atoms. The Bertz CT molecular complexity index is 584. The number of para-hydroxylation sites is 1. The molecule has 4 heteroatoms. The lowest BCUT2D eigenvalue weighted by Crippen LogP contribution is -2.24. The van der Waals surface area contributed by atoms with Crippen LogP contribution in [0.15, 0.2) is 54.6 Å². The highest BCUT2D eigenvalue weighted by Crippen LogP contribution is 2.16. The van der Waals surface area contributed by atoms with Gasteiger partial charge in [0.15, 0.2) is 0 Å². The van der Waals surface area contributed by atoms with E-state index in [-0.39, 0.29) is 0 Å². The number of nitrogens with one attached hydrogen (secondary N) is 1. The highest BCUT2D eigenvalue weighted by atomic mass is 16.5. The molecule has 0 atom stereocenters. The highest BCUT2D eigenvalue weighted by molar-refractivity contribution is 5.67. The number of alkyl carbamates (subject to hydrolysis) is 1. The van der Waals surface area contributed by atoms with E-state index in [4.69, 9.17) is 9.47 Å². The van der Waals surface area contributed by atoms with Gasteiger partial charge in [-0.25, -0.2) is 4.79 Å². The van der Waals surface area contributed by atoms with Crippen LogP contribution in [0.1, 0.15) is 17.5 Å². The quantitative estimate of drug-likeness (QED) is 0.795. The van der Waals surface area contributed by atoms with Crippen molar-refractivity contribution in [3.63, 3.8) is 0 Å². The highest BCUT2D eigenvalue weighted by Gasteiger charge is 2.05. The van der Waals surface area contributed by atoms with Crippen LogP contribution in [0, 0.1) is 0 Å². The van der Waals surface area contributed by atoms with Gasteiger partial charge in [0, 0.05) is 12.1 Å². The number of ether oxygens (including phenoxy) is 2. The van der Waals surface area contributed by atoms with Gasteiger partial charge in [0.25, 0.3) is 0 Å². The van der Waals surface area contributed by atoms with Crippen molar-refractivity contribution < 1.29 is 14.3 Å². The van der Waals surface area contributed by atoms with Crippen LogP contribution in [0.3, 0.4) is 0 Å².